The molecular weight excluding hydrogens is 222 g/mol. The molecule has 0 amide bonds. The lowest BCUT2D eigenvalue weighted by Gasteiger charge is -2.39. The highest BCUT2D eigenvalue weighted by Gasteiger charge is 2.30. The van der Waals surface area contributed by atoms with Crippen molar-refractivity contribution < 1.29 is 5.11 Å². The summed E-state index contributed by atoms with van der Waals surface area (Å²) in [5, 5.41) is 10.7. The van der Waals surface area contributed by atoms with E-state index in [1.165, 1.54) is 6.42 Å². The maximum absolute atomic E-state index is 10.7. The summed E-state index contributed by atoms with van der Waals surface area (Å²) < 4.78 is 0. The van der Waals surface area contributed by atoms with Gasteiger partial charge < -0.3 is 5.11 Å². The van der Waals surface area contributed by atoms with Gasteiger partial charge in [-0.05, 0) is 30.7 Å². The van der Waals surface area contributed by atoms with Crippen LogP contribution in [0.1, 0.15) is 32.8 Å². The van der Waals surface area contributed by atoms with Gasteiger partial charge >= 0.3 is 0 Å². The molecule has 1 saturated heterocycles. The van der Waals surface area contributed by atoms with Crippen molar-refractivity contribution in [1.29, 1.82) is 0 Å². The summed E-state index contributed by atoms with van der Waals surface area (Å²) in [6.07, 6.45) is 1.31. The standard InChI is InChI=1S/C16H25NO/c1-13-9-14(2)11-17(10-13)12-16(3,18)15-7-5-4-6-8-15/h4-8,13-14,18H,9-12H2,1-3H3. The summed E-state index contributed by atoms with van der Waals surface area (Å²) in [7, 11) is 0. The highest BCUT2D eigenvalue weighted by Crippen LogP contribution is 2.26. The second kappa shape index (κ2) is 5.41. The van der Waals surface area contributed by atoms with Gasteiger partial charge in [-0.2, -0.15) is 0 Å². The number of hydrogen-bond donors (Lipinski definition) is 1. The first kappa shape index (κ1) is 13.6. The van der Waals surface area contributed by atoms with E-state index in [9.17, 15) is 5.11 Å². The fourth-order valence-electron chi connectivity index (χ4n) is 3.25. The summed E-state index contributed by atoms with van der Waals surface area (Å²) >= 11 is 0. The lowest BCUT2D eigenvalue weighted by molar-refractivity contribution is -0.00326. The van der Waals surface area contributed by atoms with Crippen molar-refractivity contribution in [3.05, 3.63) is 35.9 Å². The van der Waals surface area contributed by atoms with Crippen LogP contribution in [0.3, 0.4) is 0 Å². The van der Waals surface area contributed by atoms with Crippen LogP contribution in [0, 0.1) is 11.8 Å². The Bertz CT molecular complexity index is 364. The molecule has 1 aliphatic heterocycles. The molecule has 1 aliphatic rings. The van der Waals surface area contributed by atoms with Crippen LogP contribution in [0.5, 0.6) is 0 Å². The van der Waals surface area contributed by atoms with Gasteiger partial charge in [0.2, 0.25) is 0 Å². The quantitative estimate of drug-likeness (QED) is 0.888. The number of β-amino-alcohol motifs (C(OH)–C–C–N with tert-alkyl or cyclic N) is 1. The van der Waals surface area contributed by atoms with Gasteiger partial charge in [0.1, 0.15) is 0 Å². The topological polar surface area (TPSA) is 23.5 Å². The average Bonchev–Trinajstić information content (AvgIpc) is 2.28. The Morgan fingerprint density at radius 3 is 2.28 bits per heavy atom. The van der Waals surface area contributed by atoms with E-state index >= 15 is 0 Å². The van der Waals surface area contributed by atoms with Gasteiger partial charge in [-0.3, -0.25) is 4.90 Å². The van der Waals surface area contributed by atoms with Crippen LogP contribution in [0.25, 0.3) is 0 Å². The fraction of sp³-hybridized carbons (Fsp3) is 0.625. The molecule has 2 rings (SSSR count). The van der Waals surface area contributed by atoms with Crippen LogP contribution < -0.4 is 0 Å². The van der Waals surface area contributed by atoms with E-state index < -0.39 is 5.60 Å². The van der Waals surface area contributed by atoms with Gasteiger partial charge in [0.15, 0.2) is 0 Å². The van der Waals surface area contributed by atoms with Gasteiger partial charge in [-0.1, -0.05) is 44.2 Å². The molecule has 18 heavy (non-hydrogen) atoms. The van der Waals surface area contributed by atoms with Crippen molar-refractivity contribution in [2.75, 3.05) is 19.6 Å². The van der Waals surface area contributed by atoms with Gasteiger partial charge in [0.05, 0.1) is 5.60 Å². The number of hydrogen-bond acceptors (Lipinski definition) is 2. The Kier molecular flexibility index (Phi) is 4.08. The van der Waals surface area contributed by atoms with E-state index in [0.717, 1.165) is 37.0 Å². The third kappa shape index (κ3) is 3.33. The Hall–Kier alpha value is -0.860. The molecule has 2 heteroatoms. The maximum Gasteiger partial charge on any atom is 0.0994 e. The van der Waals surface area contributed by atoms with E-state index in [1.54, 1.807) is 0 Å². The van der Waals surface area contributed by atoms with Crippen molar-refractivity contribution in [2.45, 2.75) is 32.8 Å². The molecule has 0 aliphatic carbocycles. The lowest BCUT2D eigenvalue weighted by atomic mass is 9.89. The molecule has 0 aromatic heterocycles. The number of piperidine rings is 1. The molecule has 0 spiro atoms. The van der Waals surface area contributed by atoms with Crippen LogP contribution in [0.4, 0.5) is 0 Å². The molecule has 1 aromatic rings. The van der Waals surface area contributed by atoms with Crippen molar-refractivity contribution in [1.82, 2.24) is 4.90 Å². The predicted molar refractivity (Wildman–Crippen MR) is 75.4 cm³/mol. The third-order valence-corrected chi connectivity index (χ3v) is 3.87. The van der Waals surface area contributed by atoms with Crippen molar-refractivity contribution in [3.63, 3.8) is 0 Å². The number of nitrogens with zero attached hydrogens (tertiary/aromatic N) is 1. The van der Waals surface area contributed by atoms with Crippen LogP contribution in [-0.2, 0) is 5.60 Å². The Morgan fingerprint density at radius 2 is 1.72 bits per heavy atom. The first-order chi connectivity index (χ1) is 8.47. The van der Waals surface area contributed by atoms with Gasteiger partial charge in [-0.25, -0.2) is 0 Å². The normalized spacial score (nSPS) is 28.9. The van der Waals surface area contributed by atoms with Crippen molar-refractivity contribution in [2.24, 2.45) is 11.8 Å². The summed E-state index contributed by atoms with van der Waals surface area (Å²) in [6, 6.07) is 9.99. The summed E-state index contributed by atoms with van der Waals surface area (Å²) in [6.45, 7) is 9.47. The Balaban J connectivity index is 2.04. The molecule has 1 heterocycles. The molecule has 0 saturated carbocycles. The fourth-order valence-corrected chi connectivity index (χ4v) is 3.25. The predicted octanol–water partition coefficient (Wildman–Crippen LogP) is 2.87. The maximum atomic E-state index is 10.7. The number of rotatable bonds is 3. The zero-order valence-corrected chi connectivity index (χ0v) is 11.8. The zero-order chi connectivity index (χ0) is 13.2. The molecule has 1 N–H and O–H groups in total. The summed E-state index contributed by atoms with van der Waals surface area (Å²) in [5.74, 6) is 1.47. The molecule has 2 nitrogen and oxygen atoms in total. The van der Waals surface area contributed by atoms with E-state index in [-0.39, 0.29) is 0 Å². The van der Waals surface area contributed by atoms with Gasteiger partial charge in [-0.15, -0.1) is 0 Å². The number of benzene rings is 1. The smallest absolute Gasteiger partial charge is 0.0994 e. The minimum atomic E-state index is -0.752. The second-order valence-corrected chi connectivity index (χ2v) is 6.28. The van der Waals surface area contributed by atoms with Crippen molar-refractivity contribution >= 4 is 0 Å². The first-order valence-corrected chi connectivity index (χ1v) is 6.97. The van der Waals surface area contributed by atoms with E-state index in [4.69, 9.17) is 0 Å². The molecule has 0 bridgehead atoms. The number of likely N-dealkylation sites (tertiary alicyclic amines) is 1. The van der Waals surface area contributed by atoms with E-state index in [1.807, 2.05) is 37.3 Å². The summed E-state index contributed by atoms with van der Waals surface area (Å²) in [4.78, 5) is 2.41. The highest BCUT2D eigenvalue weighted by atomic mass is 16.3. The molecule has 100 valence electrons. The molecule has 0 radical (unpaired) electrons. The molecule has 3 unspecified atom stereocenters. The van der Waals surface area contributed by atoms with E-state index in [2.05, 4.69) is 18.7 Å². The zero-order valence-electron chi connectivity index (χ0n) is 11.8. The third-order valence-electron chi connectivity index (χ3n) is 3.87. The van der Waals surface area contributed by atoms with Crippen LogP contribution in [-0.4, -0.2) is 29.6 Å². The highest BCUT2D eigenvalue weighted by molar-refractivity contribution is 5.21. The van der Waals surface area contributed by atoms with Crippen LogP contribution in [0.15, 0.2) is 30.3 Å². The minimum Gasteiger partial charge on any atom is -0.384 e. The monoisotopic (exact) mass is 247 g/mol. The first-order valence-electron chi connectivity index (χ1n) is 6.97. The SMILES string of the molecule is CC1CC(C)CN(CC(C)(O)c2ccccc2)C1. The summed E-state index contributed by atoms with van der Waals surface area (Å²) in [5.41, 5.74) is 0.258. The second-order valence-electron chi connectivity index (χ2n) is 6.28. The van der Waals surface area contributed by atoms with Gasteiger partial charge in [0, 0.05) is 19.6 Å². The largest absolute Gasteiger partial charge is 0.384 e. The van der Waals surface area contributed by atoms with Crippen molar-refractivity contribution in [3.8, 4) is 0 Å². The molecular formula is C16H25NO. The van der Waals surface area contributed by atoms with E-state index in [0.29, 0.717) is 0 Å². The molecule has 3 atom stereocenters. The average molecular weight is 247 g/mol. The number of aliphatic hydroxyl groups is 1. The van der Waals surface area contributed by atoms with Crippen LogP contribution in [0.2, 0.25) is 0 Å². The van der Waals surface area contributed by atoms with Crippen LogP contribution >= 0.6 is 0 Å². The lowest BCUT2D eigenvalue weighted by Crippen LogP contribution is -2.45. The molecule has 1 aromatic carbocycles. The Morgan fingerprint density at radius 1 is 1.17 bits per heavy atom. The van der Waals surface area contributed by atoms with Gasteiger partial charge in [0.25, 0.3) is 0 Å². The Labute approximate surface area is 111 Å². The molecule has 1 fully saturated rings. The minimum absolute atomic E-state index is 0.728.